The minimum absolute atomic E-state index is 0.650. The Hall–Kier alpha value is -1.56. The lowest BCUT2D eigenvalue weighted by molar-refractivity contribution is 0.485. The quantitative estimate of drug-likeness (QED) is 0.693. The van der Waals surface area contributed by atoms with Crippen LogP contribution in [-0.2, 0) is 6.42 Å². The van der Waals surface area contributed by atoms with E-state index in [0.29, 0.717) is 5.92 Å². The molecule has 0 N–H and O–H groups in total. The molecule has 0 saturated carbocycles. The number of rotatable bonds is 3. The summed E-state index contributed by atoms with van der Waals surface area (Å²) in [7, 11) is 0. The molecular weight excluding hydrogens is 228 g/mol. The van der Waals surface area contributed by atoms with Gasteiger partial charge in [0.1, 0.15) is 0 Å². The zero-order chi connectivity index (χ0) is 13.1. The highest BCUT2D eigenvalue weighted by atomic mass is 14.3. The molecule has 1 aliphatic rings. The third kappa shape index (κ3) is 2.73. The molecule has 19 heavy (non-hydrogen) atoms. The molecule has 1 aliphatic carbocycles. The van der Waals surface area contributed by atoms with E-state index in [4.69, 9.17) is 0 Å². The van der Waals surface area contributed by atoms with Crippen molar-refractivity contribution in [3.05, 3.63) is 71.3 Å². The fourth-order valence-electron chi connectivity index (χ4n) is 3.44. The van der Waals surface area contributed by atoms with Crippen LogP contribution in [0.4, 0.5) is 0 Å². The van der Waals surface area contributed by atoms with E-state index in [9.17, 15) is 0 Å². The maximum absolute atomic E-state index is 2.37. The van der Waals surface area contributed by atoms with Crippen molar-refractivity contribution in [2.75, 3.05) is 0 Å². The lowest BCUT2D eigenvalue weighted by Gasteiger charge is -2.28. The van der Waals surface area contributed by atoms with Gasteiger partial charge in [-0.15, -0.1) is 0 Å². The molecule has 0 aliphatic heterocycles. The first kappa shape index (κ1) is 12.5. The van der Waals surface area contributed by atoms with Crippen LogP contribution in [0.3, 0.4) is 0 Å². The largest absolute Gasteiger partial charge is 0.0622 e. The summed E-state index contributed by atoms with van der Waals surface area (Å²) in [5, 5.41) is 0. The molecule has 2 unspecified atom stereocenters. The van der Waals surface area contributed by atoms with Gasteiger partial charge in [0, 0.05) is 0 Å². The van der Waals surface area contributed by atoms with Gasteiger partial charge in [-0.1, -0.05) is 61.5 Å². The number of fused-ring (bicyclic) bond motifs is 1. The summed E-state index contributed by atoms with van der Waals surface area (Å²) in [5.41, 5.74) is 4.67. The third-order valence-corrected chi connectivity index (χ3v) is 4.50. The molecule has 0 heterocycles. The van der Waals surface area contributed by atoms with Gasteiger partial charge in [-0.3, -0.25) is 0 Å². The number of hydrogen-bond acceptors (Lipinski definition) is 0. The second-order valence-electron chi connectivity index (χ2n) is 5.84. The minimum atomic E-state index is 0.650. The van der Waals surface area contributed by atoms with Crippen LogP contribution in [0.1, 0.15) is 54.7 Å². The van der Waals surface area contributed by atoms with Crippen molar-refractivity contribution in [1.82, 2.24) is 0 Å². The molecule has 98 valence electrons. The first-order valence-electron chi connectivity index (χ1n) is 7.47. The zero-order valence-corrected chi connectivity index (χ0v) is 11.7. The van der Waals surface area contributed by atoms with Gasteiger partial charge >= 0.3 is 0 Å². The first-order valence-corrected chi connectivity index (χ1v) is 7.47. The van der Waals surface area contributed by atoms with Crippen molar-refractivity contribution in [2.24, 2.45) is 0 Å². The van der Waals surface area contributed by atoms with Gasteiger partial charge in [0.05, 0.1) is 0 Å². The van der Waals surface area contributed by atoms with Crippen LogP contribution < -0.4 is 0 Å². The highest BCUT2D eigenvalue weighted by Gasteiger charge is 2.22. The average Bonchev–Trinajstić information content (AvgIpc) is 2.48. The summed E-state index contributed by atoms with van der Waals surface area (Å²) in [6.45, 7) is 2.37. The third-order valence-electron chi connectivity index (χ3n) is 4.50. The van der Waals surface area contributed by atoms with Crippen LogP contribution in [0.25, 0.3) is 0 Å². The topological polar surface area (TPSA) is 0 Å². The summed E-state index contributed by atoms with van der Waals surface area (Å²) >= 11 is 0. The predicted molar refractivity (Wildman–Crippen MR) is 81.6 cm³/mol. The highest BCUT2D eigenvalue weighted by Crippen LogP contribution is 2.38. The van der Waals surface area contributed by atoms with Gasteiger partial charge in [0.25, 0.3) is 0 Å². The lowest BCUT2D eigenvalue weighted by atomic mass is 9.77. The van der Waals surface area contributed by atoms with E-state index in [-0.39, 0.29) is 0 Å². The van der Waals surface area contributed by atoms with Gasteiger partial charge in [-0.2, -0.15) is 0 Å². The summed E-state index contributed by atoms with van der Waals surface area (Å²) in [6, 6.07) is 20.0. The van der Waals surface area contributed by atoms with Crippen LogP contribution in [-0.4, -0.2) is 0 Å². The van der Waals surface area contributed by atoms with E-state index in [1.165, 1.54) is 31.2 Å². The SMILES string of the molecule is CC(CC1CCCc2ccccc21)c1ccccc1. The molecule has 0 saturated heterocycles. The molecule has 3 rings (SSSR count). The van der Waals surface area contributed by atoms with Crippen LogP contribution in [0.2, 0.25) is 0 Å². The van der Waals surface area contributed by atoms with Gasteiger partial charge < -0.3 is 0 Å². The second kappa shape index (κ2) is 5.61. The minimum Gasteiger partial charge on any atom is -0.0622 e. The van der Waals surface area contributed by atoms with Crippen LogP contribution >= 0.6 is 0 Å². The van der Waals surface area contributed by atoms with E-state index < -0.39 is 0 Å². The van der Waals surface area contributed by atoms with Crippen LogP contribution in [0.5, 0.6) is 0 Å². The Morgan fingerprint density at radius 1 is 1.00 bits per heavy atom. The van der Waals surface area contributed by atoms with E-state index in [2.05, 4.69) is 61.5 Å². The number of hydrogen-bond donors (Lipinski definition) is 0. The molecular formula is C19H22. The molecule has 0 aromatic heterocycles. The maximum Gasteiger partial charge on any atom is -0.0153 e. The molecule has 0 fully saturated rings. The maximum atomic E-state index is 2.37. The molecule has 2 aromatic rings. The predicted octanol–water partition coefficient (Wildman–Crippen LogP) is 5.30. The zero-order valence-electron chi connectivity index (χ0n) is 11.7. The average molecular weight is 250 g/mol. The molecule has 2 aromatic carbocycles. The van der Waals surface area contributed by atoms with Crippen LogP contribution in [0.15, 0.2) is 54.6 Å². The Labute approximate surface area is 116 Å². The summed E-state index contributed by atoms with van der Waals surface area (Å²) in [6.07, 6.45) is 5.25. The second-order valence-corrected chi connectivity index (χ2v) is 5.84. The van der Waals surface area contributed by atoms with Crippen molar-refractivity contribution >= 4 is 0 Å². The molecule has 0 heteroatoms. The van der Waals surface area contributed by atoms with Crippen molar-refractivity contribution in [3.63, 3.8) is 0 Å². The normalized spacial score (nSPS) is 19.7. The van der Waals surface area contributed by atoms with Gasteiger partial charge in [-0.25, -0.2) is 0 Å². The summed E-state index contributed by atoms with van der Waals surface area (Å²) < 4.78 is 0. The smallest absolute Gasteiger partial charge is 0.0153 e. The van der Waals surface area contributed by atoms with Crippen molar-refractivity contribution < 1.29 is 0 Å². The Balaban J connectivity index is 1.78. The van der Waals surface area contributed by atoms with Crippen molar-refractivity contribution in [1.29, 1.82) is 0 Å². The van der Waals surface area contributed by atoms with E-state index >= 15 is 0 Å². The van der Waals surface area contributed by atoms with E-state index in [1.807, 2.05) is 0 Å². The summed E-state index contributed by atoms with van der Waals surface area (Å²) in [5.74, 6) is 1.40. The standard InChI is InChI=1S/C19H22/c1-15(16-8-3-2-4-9-16)14-18-12-7-11-17-10-5-6-13-19(17)18/h2-6,8-10,13,15,18H,7,11-12,14H2,1H3. The lowest BCUT2D eigenvalue weighted by Crippen LogP contribution is -2.12. The highest BCUT2D eigenvalue weighted by molar-refractivity contribution is 5.33. The van der Waals surface area contributed by atoms with Gasteiger partial charge in [-0.05, 0) is 54.2 Å². The van der Waals surface area contributed by atoms with Crippen molar-refractivity contribution in [2.45, 2.75) is 44.4 Å². The Kier molecular flexibility index (Phi) is 3.68. The monoisotopic (exact) mass is 250 g/mol. The fourth-order valence-corrected chi connectivity index (χ4v) is 3.44. The number of benzene rings is 2. The van der Waals surface area contributed by atoms with Crippen molar-refractivity contribution in [3.8, 4) is 0 Å². The number of aryl methyl sites for hydroxylation is 1. The molecule has 0 spiro atoms. The molecule has 0 amide bonds. The molecule has 0 nitrogen and oxygen atoms in total. The fraction of sp³-hybridized carbons (Fsp3) is 0.368. The summed E-state index contributed by atoms with van der Waals surface area (Å²) in [4.78, 5) is 0. The van der Waals surface area contributed by atoms with E-state index in [0.717, 1.165) is 5.92 Å². The van der Waals surface area contributed by atoms with E-state index in [1.54, 1.807) is 11.1 Å². The molecule has 0 bridgehead atoms. The Bertz CT molecular complexity index is 527. The van der Waals surface area contributed by atoms with Crippen LogP contribution in [0, 0.1) is 0 Å². The Morgan fingerprint density at radius 3 is 2.58 bits per heavy atom. The Morgan fingerprint density at radius 2 is 1.74 bits per heavy atom. The molecule has 2 atom stereocenters. The molecule has 0 radical (unpaired) electrons. The first-order chi connectivity index (χ1) is 9.34. The van der Waals surface area contributed by atoms with Gasteiger partial charge in [0.2, 0.25) is 0 Å². The van der Waals surface area contributed by atoms with Gasteiger partial charge in [0.15, 0.2) is 0 Å².